The van der Waals surface area contributed by atoms with E-state index >= 15 is 0 Å². The minimum Gasteiger partial charge on any atom is -0.350 e. The summed E-state index contributed by atoms with van der Waals surface area (Å²) in [6.07, 6.45) is 3.52. The number of carbonyl (C=O) groups excluding carboxylic acids is 1. The van der Waals surface area contributed by atoms with Gasteiger partial charge in [0.25, 0.3) is 5.92 Å². The molecule has 0 heterocycles. The van der Waals surface area contributed by atoms with Gasteiger partial charge in [0.15, 0.2) is 0 Å². The van der Waals surface area contributed by atoms with Crippen LogP contribution in [-0.4, -0.2) is 24.9 Å². The third-order valence-corrected chi connectivity index (χ3v) is 2.32. The molecule has 0 saturated heterocycles. The van der Waals surface area contributed by atoms with Gasteiger partial charge in [0.1, 0.15) is 0 Å². The molecular formula is C9H16F2N2O. The van der Waals surface area contributed by atoms with Gasteiger partial charge in [-0.05, 0) is 12.3 Å². The third-order valence-electron chi connectivity index (χ3n) is 2.32. The highest BCUT2D eigenvalue weighted by Gasteiger charge is 2.27. The summed E-state index contributed by atoms with van der Waals surface area (Å²) >= 11 is 0. The Hall–Kier alpha value is -0.710. The van der Waals surface area contributed by atoms with E-state index in [9.17, 15) is 13.6 Å². The molecule has 82 valence electrons. The van der Waals surface area contributed by atoms with Crippen molar-refractivity contribution in [3.63, 3.8) is 0 Å². The van der Waals surface area contributed by atoms with Crippen molar-refractivity contribution in [2.24, 2.45) is 11.7 Å². The lowest BCUT2D eigenvalue weighted by Crippen LogP contribution is -2.41. The van der Waals surface area contributed by atoms with E-state index in [1.165, 1.54) is 12.8 Å². The van der Waals surface area contributed by atoms with Gasteiger partial charge < -0.3 is 11.1 Å². The Labute approximate surface area is 82.0 Å². The van der Waals surface area contributed by atoms with E-state index in [1.807, 2.05) is 0 Å². The fraction of sp³-hybridized carbons (Fsp3) is 0.889. The summed E-state index contributed by atoms with van der Waals surface area (Å²) in [6.45, 7) is -1.37. The van der Waals surface area contributed by atoms with Crippen LogP contribution in [0.3, 0.4) is 0 Å². The summed E-state index contributed by atoms with van der Waals surface area (Å²) in [5.41, 5.74) is 4.82. The molecule has 1 rings (SSSR count). The van der Waals surface area contributed by atoms with Gasteiger partial charge in [-0.1, -0.05) is 12.8 Å². The van der Waals surface area contributed by atoms with Gasteiger partial charge in [-0.2, -0.15) is 0 Å². The average Bonchev–Trinajstić information content (AvgIpc) is 2.95. The highest BCUT2D eigenvalue weighted by Crippen LogP contribution is 2.33. The van der Waals surface area contributed by atoms with E-state index in [4.69, 9.17) is 5.73 Å². The van der Waals surface area contributed by atoms with Crippen LogP contribution in [0.4, 0.5) is 8.78 Å². The van der Waals surface area contributed by atoms with Crippen LogP contribution in [0.5, 0.6) is 0 Å². The standard InChI is InChI=1S/C9H16F2N2O/c10-9(11,5-12)6-13-8(14)4-3-7-1-2-7/h7H,1-6,12H2,(H,13,14). The van der Waals surface area contributed by atoms with Crippen molar-refractivity contribution < 1.29 is 13.6 Å². The summed E-state index contributed by atoms with van der Waals surface area (Å²) in [5, 5.41) is 2.19. The molecule has 0 aliphatic heterocycles. The molecule has 0 unspecified atom stereocenters. The monoisotopic (exact) mass is 206 g/mol. The smallest absolute Gasteiger partial charge is 0.277 e. The molecular weight excluding hydrogens is 190 g/mol. The van der Waals surface area contributed by atoms with Crippen molar-refractivity contribution in [2.75, 3.05) is 13.1 Å². The molecule has 0 aromatic rings. The normalized spacial score (nSPS) is 16.8. The van der Waals surface area contributed by atoms with Crippen LogP contribution in [0.1, 0.15) is 25.7 Å². The number of alkyl halides is 2. The van der Waals surface area contributed by atoms with E-state index in [-0.39, 0.29) is 5.91 Å². The van der Waals surface area contributed by atoms with Gasteiger partial charge in [0.05, 0.1) is 13.1 Å². The SMILES string of the molecule is NCC(F)(F)CNC(=O)CCC1CC1. The Morgan fingerprint density at radius 3 is 2.64 bits per heavy atom. The van der Waals surface area contributed by atoms with E-state index in [1.54, 1.807) is 0 Å². The van der Waals surface area contributed by atoms with Crippen LogP contribution in [0, 0.1) is 5.92 Å². The topological polar surface area (TPSA) is 55.1 Å². The molecule has 1 aliphatic rings. The Kier molecular flexibility index (Phi) is 3.80. The molecule has 1 saturated carbocycles. The zero-order valence-corrected chi connectivity index (χ0v) is 8.06. The lowest BCUT2D eigenvalue weighted by Gasteiger charge is -2.14. The maximum Gasteiger partial charge on any atom is 0.277 e. The third kappa shape index (κ3) is 4.50. The van der Waals surface area contributed by atoms with Gasteiger partial charge in [-0.15, -0.1) is 0 Å². The fourth-order valence-corrected chi connectivity index (χ4v) is 1.13. The largest absolute Gasteiger partial charge is 0.350 e. The maximum atomic E-state index is 12.6. The molecule has 0 spiro atoms. The molecule has 0 atom stereocenters. The molecule has 3 N–H and O–H groups in total. The lowest BCUT2D eigenvalue weighted by atomic mass is 10.2. The summed E-state index contributed by atoms with van der Waals surface area (Å²) < 4.78 is 25.2. The van der Waals surface area contributed by atoms with Gasteiger partial charge in [0.2, 0.25) is 5.91 Å². The summed E-state index contributed by atoms with van der Waals surface area (Å²) in [6, 6.07) is 0. The molecule has 14 heavy (non-hydrogen) atoms. The maximum absolute atomic E-state index is 12.6. The fourth-order valence-electron chi connectivity index (χ4n) is 1.13. The number of amides is 1. The van der Waals surface area contributed by atoms with Gasteiger partial charge in [-0.25, -0.2) is 8.78 Å². The second kappa shape index (κ2) is 4.68. The van der Waals surface area contributed by atoms with E-state index in [0.717, 1.165) is 6.42 Å². The summed E-state index contributed by atoms with van der Waals surface area (Å²) in [5.74, 6) is -2.63. The minimum atomic E-state index is -2.98. The molecule has 0 aromatic heterocycles. The van der Waals surface area contributed by atoms with E-state index in [0.29, 0.717) is 12.3 Å². The Morgan fingerprint density at radius 1 is 1.50 bits per heavy atom. The number of rotatable bonds is 6. The Morgan fingerprint density at radius 2 is 2.14 bits per heavy atom. The van der Waals surface area contributed by atoms with Crippen molar-refractivity contribution in [3.8, 4) is 0 Å². The Bertz CT molecular complexity index is 205. The predicted molar refractivity (Wildman–Crippen MR) is 49.0 cm³/mol. The van der Waals surface area contributed by atoms with Crippen LogP contribution in [0.15, 0.2) is 0 Å². The first-order chi connectivity index (χ1) is 6.53. The number of hydrogen-bond acceptors (Lipinski definition) is 2. The highest BCUT2D eigenvalue weighted by molar-refractivity contribution is 5.75. The molecule has 0 bridgehead atoms. The minimum absolute atomic E-state index is 0.301. The van der Waals surface area contributed by atoms with E-state index < -0.39 is 19.0 Å². The lowest BCUT2D eigenvalue weighted by molar-refractivity contribution is -0.123. The highest BCUT2D eigenvalue weighted by atomic mass is 19.3. The van der Waals surface area contributed by atoms with Crippen molar-refractivity contribution in [1.29, 1.82) is 0 Å². The van der Waals surface area contributed by atoms with Gasteiger partial charge >= 0.3 is 0 Å². The number of halogens is 2. The number of nitrogens with two attached hydrogens (primary N) is 1. The zero-order valence-electron chi connectivity index (χ0n) is 8.06. The second-order valence-corrected chi connectivity index (χ2v) is 3.82. The van der Waals surface area contributed by atoms with Crippen LogP contribution < -0.4 is 11.1 Å². The molecule has 5 heteroatoms. The van der Waals surface area contributed by atoms with Crippen molar-refractivity contribution in [3.05, 3.63) is 0 Å². The molecule has 1 aliphatic carbocycles. The van der Waals surface area contributed by atoms with Crippen LogP contribution in [-0.2, 0) is 4.79 Å². The summed E-state index contributed by atoms with van der Waals surface area (Å²) in [7, 11) is 0. The Balaban J connectivity index is 2.07. The first-order valence-corrected chi connectivity index (χ1v) is 4.88. The summed E-state index contributed by atoms with van der Waals surface area (Å²) in [4.78, 5) is 11.1. The number of carbonyl (C=O) groups is 1. The van der Waals surface area contributed by atoms with Crippen LogP contribution >= 0.6 is 0 Å². The predicted octanol–water partition coefficient (Wildman–Crippen LogP) is 0.887. The average molecular weight is 206 g/mol. The van der Waals surface area contributed by atoms with Crippen LogP contribution in [0.25, 0.3) is 0 Å². The first kappa shape index (κ1) is 11.4. The van der Waals surface area contributed by atoms with Gasteiger partial charge in [-0.3, -0.25) is 4.79 Å². The van der Waals surface area contributed by atoms with Crippen molar-refractivity contribution in [2.45, 2.75) is 31.6 Å². The molecule has 1 amide bonds. The number of nitrogens with one attached hydrogen (secondary N) is 1. The molecule has 3 nitrogen and oxygen atoms in total. The zero-order chi connectivity index (χ0) is 10.6. The molecule has 0 aromatic carbocycles. The molecule has 0 radical (unpaired) electrons. The quantitative estimate of drug-likeness (QED) is 0.678. The molecule has 1 fully saturated rings. The second-order valence-electron chi connectivity index (χ2n) is 3.82. The van der Waals surface area contributed by atoms with Crippen LogP contribution in [0.2, 0.25) is 0 Å². The van der Waals surface area contributed by atoms with Crippen molar-refractivity contribution in [1.82, 2.24) is 5.32 Å². The van der Waals surface area contributed by atoms with Gasteiger partial charge in [0, 0.05) is 6.42 Å². The first-order valence-electron chi connectivity index (χ1n) is 4.88. The number of hydrogen-bond donors (Lipinski definition) is 2. The van der Waals surface area contributed by atoms with Crippen molar-refractivity contribution >= 4 is 5.91 Å². The van der Waals surface area contributed by atoms with E-state index in [2.05, 4.69) is 5.32 Å².